The summed E-state index contributed by atoms with van der Waals surface area (Å²) in [5.74, 6) is 0.682. The standard InChI is InChI=1S/C28H29F3N2/c29-28(30,31)25-9-5-4-8-24(25)22-12-10-20(11-13-22)18-26-27(23-14-16-33(26)17-15-23)32-19-21-6-2-1-3-7-21/h1-13,23,26-27,32H,14-19H2. The third-order valence-corrected chi connectivity index (χ3v) is 7.29. The van der Waals surface area contributed by atoms with E-state index in [1.54, 1.807) is 12.1 Å². The molecule has 2 atom stereocenters. The third kappa shape index (κ3) is 4.85. The molecule has 3 aliphatic heterocycles. The number of hydrogen-bond donors (Lipinski definition) is 1. The van der Waals surface area contributed by atoms with Gasteiger partial charge < -0.3 is 5.32 Å². The van der Waals surface area contributed by atoms with E-state index in [9.17, 15) is 13.2 Å². The van der Waals surface area contributed by atoms with Crippen LogP contribution in [0.1, 0.15) is 29.5 Å². The fourth-order valence-corrected chi connectivity index (χ4v) is 5.59. The van der Waals surface area contributed by atoms with Crippen molar-refractivity contribution in [2.45, 2.75) is 44.1 Å². The molecule has 1 N–H and O–H groups in total. The minimum atomic E-state index is -4.36. The zero-order valence-corrected chi connectivity index (χ0v) is 18.6. The molecule has 3 aromatic rings. The summed E-state index contributed by atoms with van der Waals surface area (Å²) >= 11 is 0. The molecule has 0 spiro atoms. The second kappa shape index (κ2) is 9.32. The highest BCUT2D eigenvalue weighted by Crippen LogP contribution is 2.38. The van der Waals surface area contributed by atoms with E-state index in [-0.39, 0.29) is 5.56 Å². The van der Waals surface area contributed by atoms with Crippen molar-refractivity contribution in [1.29, 1.82) is 0 Å². The van der Waals surface area contributed by atoms with Crippen LogP contribution >= 0.6 is 0 Å². The molecule has 5 heteroatoms. The van der Waals surface area contributed by atoms with E-state index in [4.69, 9.17) is 0 Å². The number of piperidine rings is 3. The van der Waals surface area contributed by atoms with Crippen LogP contribution in [0, 0.1) is 5.92 Å². The van der Waals surface area contributed by atoms with Crippen molar-refractivity contribution < 1.29 is 13.2 Å². The van der Waals surface area contributed by atoms with Gasteiger partial charge in [0.25, 0.3) is 0 Å². The smallest absolute Gasteiger partial charge is 0.308 e. The van der Waals surface area contributed by atoms with Crippen molar-refractivity contribution in [3.8, 4) is 11.1 Å². The lowest BCUT2D eigenvalue weighted by Crippen LogP contribution is -2.63. The van der Waals surface area contributed by atoms with Gasteiger partial charge in [-0.1, -0.05) is 72.8 Å². The van der Waals surface area contributed by atoms with Gasteiger partial charge in [0.2, 0.25) is 0 Å². The number of alkyl halides is 3. The van der Waals surface area contributed by atoms with Crippen molar-refractivity contribution in [2.24, 2.45) is 5.92 Å². The molecule has 3 aromatic carbocycles. The second-order valence-electron chi connectivity index (χ2n) is 9.28. The minimum absolute atomic E-state index is 0.236. The van der Waals surface area contributed by atoms with Crippen LogP contribution in [0.25, 0.3) is 11.1 Å². The van der Waals surface area contributed by atoms with E-state index < -0.39 is 11.7 Å². The maximum absolute atomic E-state index is 13.4. The number of fused-ring (bicyclic) bond motifs is 3. The Bertz CT molecular complexity index is 1050. The number of nitrogens with one attached hydrogen (secondary N) is 1. The number of rotatable bonds is 6. The van der Waals surface area contributed by atoms with Gasteiger partial charge in [0, 0.05) is 18.6 Å². The summed E-state index contributed by atoms with van der Waals surface area (Å²) < 4.78 is 40.3. The summed E-state index contributed by atoms with van der Waals surface area (Å²) in [7, 11) is 0. The fraction of sp³-hybridized carbons (Fsp3) is 0.357. The Kier molecular flexibility index (Phi) is 6.26. The summed E-state index contributed by atoms with van der Waals surface area (Å²) in [4.78, 5) is 2.59. The van der Waals surface area contributed by atoms with Crippen LogP contribution in [0.3, 0.4) is 0 Å². The lowest BCUT2D eigenvalue weighted by atomic mass is 9.76. The topological polar surface area (TPSA) is 15.3 Å². The molecular weight excluding hydrogens is 421 g/mol. The van der Waals surface area contributed by atoms with Crippen LogP contribution in [0.15, 0.2) is 78.9 Å². The molecule has 0 amide bonds. The Balaban J connectivity index is 1.33. The minimum Gasteiger partial charge on any atom is -0.308 e. The molecule has 172 valence electrons. The highest BCUT2D eigenvalue weighted by molar-refractivity contribution is 5.68. The van der Waals surface area contributed by atoms with E-state index >= 15 is 0 Å². The lowest BCUT2D eigenvalue weighted by molar-refractivity contribution is -0.137. The molecule has 3 heterocycles. The summed E-state index contributed by atoms with van der Waals surface area (Å²) in [6.07, 6.45) is -0.988. The molecule has 3 saturated heterocycles. The zero-order valence-electron chi connectivity index (χ0n) is 18.6. The molecule has 0 aromatic heterocycles. The first kappa shape index (κ1) is 22.2. The number of benzene rings is 3. The lowest BCUT2D eigenvalue weighted by Gasteiger charge is -2.51. The van der Waals surface area contributed by atoms with E-state index in [1.807, 2.05) is 30.3 Å². The molecule has 0 saturated carbocycles. The average molecular weight is 451 g/mol. The van der Waals surface area contributed by atoms with Crippen LogP contribution < -0.4 is 5.32 Å². The van der Waals surface area contributed by atoms with Crippen LogP contribution in [0.4, 0.5) is 13.2 Å². The van der Waals surface area contributed by atoms with Gasteiger partial charge in [0.05, 0.1) is 5.56 Å². The van der Waals surface area contributed by atoms with Gasteiger partial charge in [-0.15, -0.1) is 0 Å². The first-order valence-corrected chi connectivity index (χ1v) is 11.8. The number of nitrogens with zero attached hydrogens (tertiary/aromatic N) is 1. The summed E-state index contributed by atoms with van der Waals surface area (Å²) in [5, 5.41) is 3.83. The van der Waals surface area contributed by atoms with E-state index in [0.29, 0.717) is 23.6 Å². The number of hydrogen-bond acceptors (Lipinski definition) is 2. The van der Waals surface area contributed by atoms with E-state index in [2.05, 4.69) is 34.5 Å². The average Bonchev–Trinajstić information content (AvgIpc) is 2.85. The first-order chi connectivity index (χ1) is 16.0. The van der Waals surface area contributed by atoms with Crippen molar-refractivity contribution >= 4 is 0 Å². The van der Waals surface area contributed by atoms with Gasteiger partial charge in [0.15, 0.2) is 0 Å². The largest absolute Gasteiger partial charge is 0.417 e. The Morgan fingerprint density at radius 1 is 0.788 bits per heavy atom. The Morgan fingerprint density at radius 3 is 2.15 bits per heavy atom. The van der Waals surface area contributed by atoms with Gasteiger partial charge in [0.1, 0.15) is 0 Å². The van der Waals surface area contributed by atoms with Gasteiger partial charge in [-0.3, -0.25) is 4.90 Å². The normalized spacial score (nSPS) is 24.7. The molecule has 0 radical (unpaired) electrons. The Hall–Kier alpha value is -2.63. The third-order valence-electron chi connectivity index (χ3n) is 7.29. The second-order valence-corrected chi connectivity index (χ2v) is 9.28. The van der Waals surface area contributed by atoms with Crippen LogP contribution in [-0.2, 0) is 19.1 Å². The Labute approximate surface area is 193 Å². The van der Waals surface area contributed by atoms with Crippen LogP contribution in [0.2, 0.25) is 0 Å². The molecule has 33 heavy (non-hydrogen) atoms. The van der Waals surface area contributed by atoms with Gasteiger partial charge in [-0.25, -0.2) is 0 Å². The van der Waals surface area contributed by atoms with Gasteiger partial charge >= 0.3 is 6.18 Å². The Morgan fingerprint density at radius 2 is 1.45 bits per heavy atom. The fourth-order valence-electron chi connectivity index (χ4n) is 5.59. The highest BCUT2D eigenvalue weighted by Gasteiger charge is 2.41. The van der Waals surface area contributed by atoms with Gasteiger partial charge in [-0.05, 0) is 66.6 Å². The molecule has 3 fully saturated rings. The maximum Gasteiger partial charge on any atom is 0.417 e. The van der Waals surface area contributed by atoms with Crippen molar-refractivity contribution in [3.05, 3.63) is 95.6 Å². The molecule has 0 aliphatic carbocycles. The van der Waals surface area contributed by atoms with Crippen LogP contribution in [0.5, 0.6) is 0 Å². The predicted octanol–water partition coefficient (Wildman–Crippen LogP) is 6.17. The summed E-state index contributed by atoms with van der Waals surface area (Å²) in [6.45, 7) is 3.13. The van der Waals surface area contributed by atoms with Gasteiger partial charge in [-0.2, -0.15) is 13.2 Å². The molecule has 2 bridgehead atoms. The SMILES string of the molecule is FC(F)(F)c1ccccc1-c1ccc(CC2C(NCc3ccccc3)C3CCN2CC3)cc1. The maximum atomic E-state index is 13.4. The predicted molar refractivity (Wildman–Crippen MR) is 126 cm³/mol. The highest BCUT2D eigenvalue weighted by atomic mass is 19.4. The van der Waals surface area contributed by atoms with E-state index in [0.717, 1.165) is 32.1 Å². The number of halogens is 3. The van der Waals surface area contributed by atoms with Crippen LogP contribution in [-0.4, -0.2) is 30.1 Å². The van der Waals surface area contributed by atoms with Crippen molar-refractivity contribution in [2.75, 3.05) is 13.1 Å². The molecule has 6 rings (SSSR count). The van der Waals surface area contributed by atoms with E-state index in [1.165, 1.54) is 30.0 Å². The molecule has 2 unspecified atom stereocenters. The molecule has 3 aliphatic rings. The monoisotopic (exact) mass is 450 g/mol. The molecule has 2 nitrogen and oxygen atoms in total. The van der Waals surface area contributed by atoms with Crippen molar-refractivity contribution in [3.63, 3.8) is 0 Å². The summed E-state index contributed by atoms with van der Waals surface area (Å²) in [5.41, 5.74) is 2.72. The van der Waals surface area contributed by atoms with Crippen molar-refractivity contribution in [1.82, 2.24) is 10.2 Å². The molecular formula is C28H29F3N2. The quantitative estimate of drug-likeness (QED) is 0.483. The first-order valence-electron chi connectivity index (χ1n) is 11.8. The zero-order chi connectivity index (χ0) is 22.8. The summed E-state index contributed by atoms with van der Waals surface area (Å²) in [6, 6.07) is 24.8.